The van der Waals surface area contributed by atoms with E-state index in [2.05, 4.69) is 20.8 Å². The molecule has 2 heterocycles. The third-order valence-electron chi connectivity index (χ3n) is 4.57. The first-order chi connectivity index (χ1) is 13.1. The second-order valence-corrected chi connectivity index (χ2v) is 8.55. The summed E-state index contributed by atoms with van der Waals surface area (Å²) < 4.78 is 7.35. The van der Waals surface area contributed by atoms with Crippen LogP contribution < -0.4 is 9.64 Å². The third-order valence-corrected chi connectivity index (χ3v) is 6.44. The summed E-state index contributed by atoms with van der Waals surface area (Å²) in [6, 6.07) is 11.3. The second-order valence-electron chi connectivity index (χ2n) is 6.21. The van der Waals surface area contributed by atoms with Crippen molar-refractivity contribution >= 4 is 60.1 Å². The number of halogens is 2. The summed E-state index contributed by atoms with van der Waals surface area (Å²) in [6.07, 6.45) is 0. The molecule has 1 aliphatic heterocycles. The molecule has 5 nitrogen and oxygen atoms in total. The molecular weight excluding hydrogens is 450 g/mol. The van der Waals surface area contributed by atoms with Gasteiger partial charge in [-0.3, -0.25) is 4.79 Å². The molecule has 1 amide bonds. The number of thiazole rings is 1. The first-order valence-electron chi connectivity index (χ1n) is 8.49. The fourth-order valence-electron chi connectivity index (χ4n) is 3.17. The van der Waals surface area contributed by atoms with Gasteiger partial charge in [0.05, 0.1) is 16.8 Å². The molecule has 0 unspecified atom stereocenters. The molecule has 27 heavy (non-hydrogen) atoms. The van der Waals surface area contributed by atoms with E-state index in [1.165, 1.54) is 0 Å². The van der Waals surface area contributed by atoms with Gasteiger partial charge in [-0.05, 0) is 30.3 Å². The van der Waals surface area contributed by atoms with Gasteiger partial charge in [0.2, 0.25) is 0 Å². The van der Waals surface area contributed by atoms with E-state index in [9.17, 15) is 4.79 Å². The van der Waals surface area contributed by atoms with Crippen LogP contribution in [-0.4, -0.2) is 49.1 Å². The van der Waals surface area contributed by atoms with Gasteiger partial charge < -0.3 is 14.5 Å². The smallest absolute Gasteiger partial charge is 0.254 e. The minimum Gasteiger partial charge on any atom is -0.493 e. The van der Waals surface area contributed by atoms with Crippen LogP contribution >= 0.6 is 38.9 Å². The zero-order valence-corrected chi connectivity index (χ0v) is 17.8. The Morgan fingerprint density at radius 3 is 2.70 bits per heavy atom. The molecule has 0 spiro atoms. The molecule has 140 valence electrons. The van der Waals surface area contributed by atoms with E-state index in [0.29, 0.717) is 29.4 Å². The topological polar surface area (TPSA) is 45.7 Å². The standard InChI is InChI=1S/C19H17BrClN3O2S/c1-26-17-14(21)5-6-15-16(17)22-19(27-15)24-9-7-23(8-10-24)18(25)12-3-2-4-13(20)11-12/h2-6,11H,7-10H2,1H3. The van der Waals surface area contributed by atoms with Gasteiger partial charge in [0.15, 0.2) is 10.9 Å². The molecular formula is C19H17BrClN3O2S. The predicted octanol–water partition coefficient (Wildman–Crippen LogP) is 4.68. The summed E-state index contributed by atoms with van der Waals surface area (Å²) >= 11 is 11.2. The predicted molar refractivity (Wildman–Crippen MR) is 113 cm³/mol. The average molecular weight is 467 g/mol. The van der Waals surface area contributed by atoms with Gasteiger partial charge in [-0.2, -0.15) is 0 Å². The highest BCUT2D eigenvalue weighted by atomic mass is 79.9. The van der Waals surface area contributed by atoms with Crippen molar-refractivity contribution in [2.75, 3.05) is 38.2 Å². The first kappa shape index (κ1) is 18.5. The summed E-state index contributed by atoms with van der Waals surface area (Å²) in [5.74, 6) is 0.675. The molecule has 1 aromatic heterocycles. The van der Waals surface area contributed by atoms with E-state index in [1.54, 1.807) is 18.4 Å². The number of hydrogen-bond acceptors (Lipinski definition) is 5. The van der Waals surface area contributed by atoms with Gasteiger partial charge in [-0.25, -0.2) is 4.98 Å². The van der Waals surface area contributed by atoms with Crippen LogP contribution in [0.2, 0.25) is 5.02 Å². The number of piperazine rings is 1. The molecule has 0 saturated carbocycles. The largest absolute Gasteiger partial charge is 0.493 e. The molecule has 3 aromatic rings. The lowest BCUT2D eigenvalue weighted by Gasteiger charge is -2.34. The Morgan fingerprint density at radius 1 is 1.22 bits per heavy atom. The van der Waals surface area contributed by atoms with E-state index in [-0.39, 0.29) is 5.91 Å². The number of carbonyl (C=O) groups is 1. The molecule has 0 aliphatic carbocycles. The molecule has 0 radical (unpaired) electrons. The number of carbonyl (C=O) groups excluding carboxylic acids is 1. The number of aromatic nitrogens is 1. The van der Waals surface area contributed by atoms with Crippen LogP contribution in [0.1, 0.15) is 10.4 Å². The molecule has 0 bridgehead atoms. The number of fused-ring (bicyclic) bond motifs is 1. The number of benzene rings is 2. The molecule has 0 atom stereocenters. The van der Waals surface area contributed by atoms with E-state index >= 15 is 0 Å². The minimum absolute atomic E-state index is 0.0636. The van der Waals surface area contributed by atoms with Gasteiger partial charge in [-0.15, -0.1) is 0 Å². The highest BCUT2D eigenvalue weighted by molar-refractivity contribution is 9.10. The number of ether oxygens (including phenoxy) is 1. The fourth-order valence-corrected chi connectivity index (χ4v) is 4.81. The maximum atomic E-state index is 12.7. The molecule has 4 rings (SSSR count). The van der Waals surface area contributed by atoms with Gasteiger partial charge in [0.25, 0.3) is 5.91 Å². The van der Waals surface area contributed by atoms with E-state index in [1.807, 2.05) is 41.3 Å². The van der Waals surface area contributed by atoms with Crippen LogP contribution in [0.25, 0.3) is 10.2 Å². The monoisotopic (exact) mass is 465 g/mol. The minimum atomic E-state index is 0.0636. The maximum absolute atomic E-state index is 12.7. The van der Waals surface area contributed by atoms with Gasteiger partial charge in [0.1, 0.15) is 5.52 Å². The summed E-state index contributed by atoms with van der Waals surface area (Å²) in [5, 5.41) is 1.49. The van der Waals surface area contributed by atoms with Crippen LogP contribution in [-0.2, 0) is 0 Å². The number of anilines is 1. The van der Waals surface area contributed by atoms with Crippen LogP contribution in [0, 0.1) is 0 Å². The van der Waals surface area contributed by atoms with E-state index < -0.39 is 0 Å². The van der Waals surface area contributed by atoms with Crippen LogP contribution in [0.15, 0.2) is 40.9 Å². The van der Waals surface area contributed by atoms with Crippen molar-refractivity contribution in [1.29, 1.82) is 0 Å². The Kier molecular flexibility index (Phi) is 5.25. The third kappa shape index (κ3) is 3.63. The zero-order valence-electron chi connectivity index (χ0n) is 14.6. The van der Waals surface area contributed by atoms with E-state index in [4.69, 9.17) is 21.3 Å². The molecule has 1 saturated heterocycles. The Labute approximate surface area is 174 Å². The molecule has 8 heteroatoms. The average Bonchev–Trinajstić information content (AvgIpc) is 3.12. The van der Waals surface area contributed by atoms with Crippen molar-refractivity contribution in [2.24, 2.45) is 0 Å². The Hall–Kier alpha value is -1.83. The summed E-state index contributed by atoms with van der Waals surface area (Å²) in [7, 11) is 1.60. The van der Waals surface area contributed by atoms with Gasteiger partial charge >= 0.3 is 0 Å². The lowest BCUT2D eigenvalue weighted by atomic mass is 10.2. The van der Waals surface area contributed by atoms with E-state index in [0.717, 1.165) is 32.9 Å². The van der Waals surface area contributed by atoms with Gasteiger partial charge in [-0.1, -0.05) is 44.9 Å². The lowest BCUT2D eigenvalue weighted by Crippen LogP contribution is -2.48. The van der Waals surface area contributed by atoms with Crippen molar-refractivity contribution in [3.63, 3.8) is 0 Å². The first-order valence-corrected chi connectivity index (χ1v) is 10.5. The van der Waals surface area contributed by atoms with Gasteiger partial charge in [0, 0.05) is 36.2 Å². The molecule has 1 fully saturated rings. The summed E-state index contributed by atoms with van der Waals surface area (Å²) in [6.45, 7) is 2.82. The quantitative estimate of drug-likeness (QED) is 0.562. The van der Waals surface area contributed by atoms with Crippen molar-refractivity contribution in [2.45, 2.75) is 0 Å². The Morgan fingerprint density at radius 2 is 2.00 bits per heavy atom. The highest BCUT2D eigenvalue weighted by Crippen LogP contribution is 2.38. The second kappa shape index (κ2) is 7.66. The highest BCUT2D eigenvalue weighted by Gasteiger charge is 2.24. The van der Waals surface area contributed by atoms with Crippen LogP contribution in [0.4, 0.5) is 5.13 Å². The van der Waals surface area contributed by atoms with Crippen molar-refractivity contribution in [1.82, 2.24) is 9.88 Å². The lowest BCUT2D eigenvalue weighted by molar-refractivity contribution is 0.0746. The maximum Gasteiger partial charge on any atom is 0.254 e. The van der Waals surface area contributed by atoms with Crippen LogP contribution in [0.5, 0.6) is 5.75 Å². The van der Waals surface area contributed by atoms with Crippen molar-refractivity contribution in [3.05, 3.63) is 51.5 Å². The van der Waals surface area contributed by atoms with Crippen molar-refractivity contribution < 1.29 is 9.53 Å². The number of methoxy groups -OCH3 is 1. The Bertz CT molecular complexity index is 1000. The molecule has 0 N–H and O–H groups in total. The molecule has 1 aliphatic rings. The Balaban J connectivity index is 1.49. The zero-order chi connectivity index (χ0) is 19.0. The van der Waals surface area contributed by atoms with Crippen LogP contribution in [0.3, 0.4) is 0 Å². The number of hydrogen-bond donors (Lipinski definition) is 0. The summed E-state index contributed by atoms with van der Waals surface area (Å²) in [4.78, 5) is 21.5. The number of rotatable bonds is 3. The SMILES string of the molecule is COc1c(Cl)ccc2sc(N3CCN(C(=O)c4cccc(Br)c4)CC3)nc12. The normalized spacial score (nSPS) is 14.6. The fraction of sp³-hybridized carbons (Fsp3) is 0.263. The summed E-state index contributed by atoms with van der Waals surface area (Å²) in [5.41, 5.74) is 1.50. The molecule has 2 aromatic carbocycles. The van der Waals surface area contributed by atoms with Crippen molar-refractivity contribution in [3.8, 4) is 5.75 Å². The number of amides is 1. The number of nitrogens with zero attached hydrogens (tertiary/aromatic N) is 3.